The first-order valence-electron chi connectivity index (χ1n) is 8.90. The molecule has 0 unspecified atom stereocenters. The lowest BCUT2D eigenvalue weighted by Gasteiger charge is -2.05. The molecule has 7 nitrogen and oxygen atoms in total. The van der Waals surface area contributed by atoms with E-state index in [1.165, 1.54) is 11.3 Å². The highest BCUT2D eigenvalue weighted by atomic mass is 32.1. The highest BCUT2D eigenvalue weighted by Gasteiger charge is 2.23. The number of carbonyl (C=O) groups is 2. The number of benzene rings is 2. The topological polar surface area (TPSA) is 93.2 Å². The Labute approximate surface area is 165 Å². The average Bonchev–Trinajstić information content (AvgIpc) is 3.40. The van der Waals surface area contributed by atoms with Crippen molar-refractivity contribution in [2.45, 2.75) is 25.5 Å². The molecule has 4 rings (SSSR count). The van der Waals surface area contributed by atoms with Crippen LogP contribution in [-0.2, 0) is 6.61 Å². The zero-order valence-electron chi connectivity index (χ0n) is 14.9. The molecule has 28 heavy (non-hydrogen) atoms. The summed E-state index contributed by atoms with van der Waals surface area (Å²) in [7, 11) is 0. The van der Waals surface area contributed by atoms with Crippen LogP contribution in [0.5, 0.6) is 5.75 Å². The third-order valence-electron chi connectivity index (χ3n) is 4.08. The van der Waals surface area contributed by atoms with Crippen molar-refractivity contribution in [3.05, 3.63) is 70.2 Å². The van der Waals surface area contributed by atoms with E-state index in [0.717, 1.165) is 18.6 Å². The molecule has 3 aromatic rings. The Morgan fingerprint density at radius 3 is 2.46 bits per heavy atom. The van der Waals surface area contributed by atoms with Crippen LogP contribution in [0.1, 0.15) is 38.0 Å². The van der Waals surface area contributed by atoms with Gasteiger partial charge in [0, 0.05) is 17.3 Å². The van der Waals surface area contributed by atoms with Crippen molar-refractivity contribution in [2.75, 3.05) is 5.32 Å². The van der Waals surface area contributed by atoms with Crippen LogP contribution in [-0.4, -0.2) is 28.1 Å². The molecule has 0 spiro atoms. The molecule has 2 amide bonds. The molecule has 0 atom stereocenters. The molecular formula is C20H18N4O3S. The van der Waals surface area contributed by atoms with Gasteiger partial charge in [0.1, 0.15) is 12.4 Å². The SMILES string of the molecule is O=C(NC1CC1)c1ccc(NC(=O)c2nnc(COc3ccccc3)s2)cc1. The van der Waals surface area contributed by atoms with Gasteiger partial charge in [0.2, 0.25) is 5.01 Å². The van der Waals surface area contributed by atoms with Crippen molar-refractivity contribution >= 4 is 28.8 Å². The van der Waals surface area contributed by atoms with Crippen LogP contribution < -0.4 is 15.4 Å². The first-order valence-corrected chi connectivity index (χ1v) is 9.71. The molecule has 1 saturated carbocycles. The zero-order chi connectivity index (χ0) is 19.3. The third-order valence-corrected chi connectivity index (χ3v) is 4.98. The van der Waals surface area contributed by atoms with E-state index in [4.69, 9.17) is 4.74 Å². The molecule has 0 saturated heterocycles. The highest BCUT2D eigenvalue weighted by Crippen LogP contribution is 2.20. The van der Waals surface area contributed by atoms with Gasteiger partial charge in [-0.1, -0.05) is 29.5 Å². The Bertz CT molecular complexity index is 969. The van der Waals surface area contributed by atoms with E-state index in [1.807, 2.05) is 30.3 Å². The molecule has 2 aromatic carbocycles. The maximum absolute atomic E-state index is 12.4. The number of amides is 2. The van der Waals surface area contributed by atoms with Crippen molar-refractivity contribution in [2.24, 2.45) is 0 Å². The van der Waals surface area contributed by atoms with Gasteiger partial charge in [-0.3, -0.25) is 9.59 Å². The Morgan fingerprint density at radius 1 is 1.00 bits per heavy atom. The number of hydrogen-bond acceptors (Lipinski definition) is 6. The Morgan fingerprint density at radius 2 is 1.75 bits per heavy atom. The molecule has 0 radical (unpaired) electrons. The Kier molecular flexibility index (Phi) is 5.29. The summed E-state index contributed by atoms with van der Waals surface area (Å²) in [5, 5.41) is 14.5. The largest absolute Gasteiger partial charge is 0.486 e. The van der Waals surface area contributed by atoms with E-state index in [-0.39, 0.29) is 23.4 Å². The molecule has 1 aromatic heterocycles. The molecule has 1 aliphatic carbocycles. The second-order valence-corrected chi connectivity index (χ2v) is 7.44. The summed E-state index contributed by atoms with van der Waals surface area (Å²) >= 11 is 1.18. The van der Waals surface area contributed by atoms with Gasteiger partial charge in [-0.15, -0.1) is 10.2 Å². The minimum Gasteiger partial charge on any atom is -0.486 e. The zero-order valence-corrected chi connectivity index (χ0v) is 15.7. The van der Waals surface area contributed by atoms with Gasteiger partial charge in [-0.25, -0.2) is 0 Å². The molecule has 8 heteroatoms. The second-order valence-electron chi connectivity index (χ2n) is 6.38. The molecule has 1 aliphatic rings. The molecule has 0 bridgehead atoms. The van der Waals surface area contributed by atoms with Gasteiger partial charge in [-0.2, -0.15) is 0 Å². The number of para-hydroxylation sites is 1. The maximum atomic E-state index is 12.4. The van der Waals surface area contributed by atoms with Crippen LogP contribution >= 0.6 is 11.3 Å². The van der Waals surface area contributed by atoms with E-state index in [0.29, 0.717) is 22.3 Å². The van der Waals surface area contributed by atoms with Gasteiger partial charge < -0.3 is 15.4 Å². The van der Waals surface area contributed by atoms with Crippen molar-refractivity contribution in [1.29, 1.82) is 0 Å². The highest BCUT2D eigenvalue weighted by molar-refractivity contribution is 7.13. The standard InChI is InChI=1S/C20H18N4O3S/c25-18(21-15-10-11-15)13-6-8-14(9-7-13)22-19(26)20-24-23-17(28-20)12-27-16-4-2-1-3-5-16/h1-9,15H,10-12H2,(H,21,25)(H,22,26). The maximum Gasteiger partial charge on any atom is 0.286 e. The number of rotatable bonds is 7. The summed E-state index contributed by atoms with van der Waals surface area (Å²) in [5.41, 5.74) is 1.16. The molecular weight excluding hydrogens is 376 g/mol. The third kappa shape index (κ3) is 4.72. The summed E-state index contributed by atoms with van der Waals surface area (Å²) in [6.45, 7) is 0.250. The number of aromatic nitrogens is 2. The number of nitrogens with zero attached hydrogens (tertiary/aromatic N) is 2. The number of anilines is 1. The Hall–Kier alpha value is -3.26. The predicted molar refractivity (Wildman–Crippen MR) is 106 cm³/mol. The van der Waals surface area contributed by atoms with Crippen molar-refractivity contribution in [3.63, 3.8) is 0 Å². The van der Waals surface area contributed by atoms with Crippen LogP contribution in [0.15, 0.2) is 54.6 Å². The van der Waals surface area contributed by atoms with Gasteiger partial charge in [0.05, 0.1) is 0 Å². The first-order chi connectivity index (χ1) is 13.7. The van der Waals surface area contributed by atoms with E-state index in [9.17, 15) is 9.59 Å². The van der Waals surface area contributed by atoms with Crippen LogP contribution in [0, 0.1) is 0 Å². The molecule has 0 aliphatic heterocycles. The molecule has 142 valence electrons. The monoisotopic (exact) mass is 394 g/mol. The van der Waals surface area contributed by atoms with E-state index < -0.39 is 0 Å². The average molecular weight is 394 g/mol. The quantitative estimate of drug-likeness (QED) is 0.642. The minimum absolute atomic E-state index is 0.0902. The van der Waals surface area contributed by atoms with E-state index in [2.05, 4.69) is 20.8 Å². The number of nitrogens with one attached hydrogen (secondary N) is 2. The van der Waals surface area contributed by atoms with E-state index >= 15 is 0 Å². The summed E-state index contributed by atoms with van der Waals surface area (Å²) < 4.78 is 5.61. The molecule has 2 N–H and O–H groups in total. The van der Waals surface area contributed by atoms with Gasteiger partial charge in [-0.05, 0) is 49.2 Å². The summed E-state index contributed by atoms with van der Waals surface area (Å²) in [6, 6.07) is 16.5. The Balaban J connectivity index is 1.32. The van der Waals surface area contributed by atoms with Gasteiger partial charge in [0.15, 0.2) is 5.01 Å². The number of ether oxygens (including phenoxy) is 1. The number of carbonyl (C=O) groups excluding carboxylic acids is 2. The second kappa shape index (κ2) is 8.18. The fourth-order valence-electron chi connectivity index (χ4n) is 2.45. The summed E-state index contributed by atoms with van der Waals surface area (Å²) in [5.74, 6) is 0.292. The minimum atomic E-state index is -0.348. The summed E-state index contributed by atoms with van der Waals surface area (Å²) in [6.07, 6.45) is 2.08. The number of hydrogen-bond donors (Lipinski definition) is 2. The first kappa shape index (κ1) is 18.1. The van der Waals surface area contributed by atoms with Crippen molar-refractivity contribution in [1.82, 2.24) is 15.5 Å². The fraction of sp³-hybridized carbons (Fsp3) is 0.200. The van der Waals surface area contributed by atoms with Crippen LogP contribution in [0.2, 0.25) is 0 Å². The van der Waals surface area contributed by atoms with Crippen LogP contribution in [0.3, 0.4) is 0 Å². The normalized spacial score (nSPS) is 13.0. The smallest absolute Gasteiger partial charge is 0.286 e. The lowest BCUT2D eigenvalue weighted by molar-refractivity contribution is 0.0950. The molecule has 1 heterocycles. The van der Waals surface area contributed by atoms with Crippen LogP contribution in [0.25, 0.3) is 0 Å². The predicted octanol–water partition coefficient (Wildman–Crippen LogP) is 3.26. The fourth-order valence-corrected chi connectivity index (χ4v) is 3.10. The van der Waals surface area contributed by atoms with Gasteiger partial charge in [0.25, 0.3) is 11.8 Å². The van der Waals surface area contributed by atoms with Gasteiger partial charge >= 0.3 is 0 Å². The lowest BCUT2D eigenvalue weighted by Crippen LogP contribution is -2.25. The van der Waals surface area contributed by atoms with Crippen LogP contribution in [0.4, 0.5) is 5.69 Å². The molecule has 1 fully saturated rings. The van der Waals surface area contributed by atoms with Crippen molar-refractivity contribution in [3.8, 4) is 5.75 Å². The summed E-state index contributed by atoms with van der Waals surface area (Å²) in [4.78, 5) is 24.3. The van der Waals surface area contributed by atoms with E-state index in [1.54, 1.807) is 24.3 Å². The lowest BCUT2D eigenvalue weighted by atomic mass is 10.2. The van der Waals surface area contributed by atoms with Crippen molar-refractivity contribution < 1.29 is 14.3 Å².